The van der Waals surface area contributed by atoms with Crippen LogP contribution >= 0.6 is 11.6 Å². The van der Waals surface area contributed by atoms with Crippen molar-refractivity contribution >= 4 is 17.6 Å². The molecule has 0 aliphatic heterocycles. The first-order valence-corrected chi connectivity index (χ1v) is 8.78. The molecule has 0 spiro atoms. The minimum atomic E-state index is -1.16. The summed E-state index contributed by atoms with van der Waals surface area (Å²) in [6.07, 6.45) is 7.91. The van der Waals surface area contributed by atoms with Crippen LogP contribution in [0.4, 0.5) is 0 Å². The first-order valence-electron chi connectivity index (χ1n) is 8.41. The Hall–Kier alpha value is -3.13. The van der Waals surface area contributed by atoms with E-state index in [1.165, 1.54) is 24.9 Å². The lowest BCUT2D eigenvalue weighted by atomic mass is 10.1. The van der Waals surface area contributed by atoms with Crippen LogP contribution in [0.5, 0.6) is 5.75 Å². The van der Waals surface area contributed by atoms with Gasteiger partial charge in [-0.2, -0.15) is 0 Å². The van der Waals surface area contributed by atoms with Gasteiger partial charge in [-0.1, -0.05) is 11.6 Å². The molecule has 0 radical (unpaired) electrons. The van der Waals surface area contributed by atoms with Crippen molar-refractivity contribution in [2.45, 2.75) is 32.5 Å². The summed E-state index contributed by atoms with van der Waals surface area (Å²) in [5.74, 6) is -0.138. The number of rotatable bonds is 5. The maximum atomic E-state index is 12.7. The van der Waals surface area contributed by atoms with Gasteiger partial charge in [-0.05, 0) is 32.9 Å². The summed E-state index contributed by atoms with van der Waals surface area (Å²) in [6.45, 7) is 5.31. The zero-order valence-corrected chi connectivity index (χ0v) is 16.3. The molecule has 144 valence electrons. The minimum Gasteiger partial charge on any atom is -0.469 e. The van der Waals surface area contributed by atoms with Gasteiger partial charge in [-0.25, -0.2) is 29.7 Å². The van der Waals surface area contributed by atoms with Crippen LogP contribution in [0.15, 0.2) is 49.4 Å². The Bertz CT molecular complexity index is 949. The standard InChI is InChI=1S/C19H18ClN5O3/c1-19(2,3)28-18(26)15(17-23-5-4-6-24-17)27-13-7-14(16(20)25-10-13)12-8-21-11-22-9-12/h4-11,15H,1-3H3. The zero-order valence-electron chi connectivity index (χ0n) is 15.5. The number of nitrogens with zero attached hydrogens (tertiary/aromatic N) is 5. The molecular weight excluding hydrogens is 382 g/mol. The maximum Gasteiger partial charge on any atom is 0.356 e. The highest BCUT2D eigenvalue weighted by atomic mass is 35.5. The van der Waals surface area contributed by atoms with E-state index in [-0.39, 0.29) is 11.0 Å². The van der Waals surface area contributed by atoms with Gasteiger partial charge in [0.25, 0.3) is 6.10 Å². The van der Waals surface area contributed by atoms with Gasteiger partial charge in [0.2, 0.25) is 0 Å². The van der Waals surface area contributed by atoms with Crippen molar-refractivity contribution in [2.24, 2.45) is 0 Å². The average molecular weight is 400 g/mol. The molecule has 3 rings (SSSR count). The Morgan fingerprint density at radius 1 is 1.07 bits per heavy atom. The Balaban J connectivity index is 1.94. The lowest BCUT2D eigenvalue weighted by Gasteiger charge is -2.23. The van der Waals surface area contributed by atoms with Crippen molar-refractivity contribution in [3.05, 3.63) is 60.4 Å². The fraction of sp³-hybridized carbons (Fsp3) is 0.263. The Morgan fingerprint density at radius 3 is 2.39 bits per heavy atom. The van der Waals surface area contributed by atoms with Gasteiger partial charge >= 0.3 is 5.97 Å². The summed E-state index contributed by atoms with van der Waals surface area (Å²) in [6, 6.07) is 3.29. The van der Waals surface area contributed by atoms with Gasteiger partial charge in [0.05, 0.1) is 6.20 Å². The second-order valence-electron chi connectivity index (χ2n) is 6.77. The molecular formula is C19H18ClN5O3. The van der Waals surface area contributed by atoms with Crippen molar-refractivity contribution in [3.8, 4) is 16.9 Å². The molecule has 0 amide bonds. The van der Waals surface area contributed by atoms with Gasteiger partial charge < -0.3 is 9.47 Å². The normalized spacial score (nSPS) is 12.3. The highest BCUT2D eigenvalue weighted by Crippen LogP contribution is 2.31. The fourth-order valence-electron chi connectivity index (χ4n) is 2.28. The molecule has 1 unspecified atom stereocenters. The number of halogens is 1. The van der Waals surface area contributed by atoms with E-state index in [1.807, 2.05) is 0 Å². The second kappa shape index (κ2) is 8.26. The molecule has 0 aliphatic carbocycles. The van der Waals surface area contributed by atoms with Gasteiger partial charge in [0.1, 0.15) is 22.8 Å². The predicted octanol–water partition coefficient (Wildman–Crippen LogP) is 3.44. The molecule has 0 N–H and O–H groups in total. The summed E-state index contributed by atoms with van der Waals surface area (Å²) < 4.78 is 11.3. The van der Waals surface area contributed by atoms with Crippen LogP contribution in [-0.4, -0.2) is 36.5 Å². The largest absolute Gasteiger partial charge is 0.469 e. The highest BCUT2D eigenvalue weighted by molar-refractivity contribution is 6.32. The lowest BCUT2D eigenvalue weighted by Crippen LogP contribution is -2.31. The van der Waals surface area contributed by atoms with Crippen LogP contribution in [0, 0.1) is 0 Å². The molecule has 0 saturated heterocycles. The number of esters is 1. The monoisotopic (exact) mass is 399 g/mol. The van der Waals surface area contributed by atoms with E-state index in [9.17, 15) is 4.79 Å². The summed E-state index contributed by atoms with van der Waals surface area (Å²) in [5, 5.41) is 0.256. The number of carbonyl (C=O) groups excluding carboxylic acids is 1. The third kappa shape index (κ3) is 4.98. The Kier molecular flexibility index (Phi) is 5.79. The second-order valence-corrected chi connectivity index (χ2v) is 7.13. The minimum absolute atomic E-state index is 0.177. The van der Waals surface area contributed by atoms with Gasteiger partial charge in [0, 0.05) is 35.9 Å². The number of carbonyl (C=O) groups is 1. The summed E-state index contributed by atoms with van der Waals surface area (Å²) >= 11 is 6.20. The van der Waals surface area contributed by atoms with Gasteiger partial charge in [-0.15, -0.1) is 0 Å². The Morgan fingerprint density at radius 2 is 1.75 bits per heavy atom. The molecule has 9 heteroatoms. The van der Waals surface area contributed by atoms with E-state index in [4.69, 9.17) is 21.1 Å². The number of aromatic nitrogens is 5. The van der Waals surface area contributed by atoms with Crippen LogP contribution in [0.1, 0.15) is 32.7 Å². The van der Waals surface area contributed by atoms with Crippen LogP contribution in [0.25, 0.3) is 11.1 Å². The van der Waals surface area contributed by atoms with Gasteiger partial charge in [0.15, 0.2) is 5.82 Å². The molecule has 28 heavy (non-hydrogen) atoms. The van der Waals surface area contributed by atoms with Crippen molar-refractivity contribution in [1.82, 2.24) is 24.9 Å². The number of hydrogen-bond donors (Lipinski definition) is 0. The van der Waals surface area contributed by atoms with Crippen LogP contribution in [0.3, 0.4) is 0 Å². The maximum absolute atomic E-state index is 12.7. The molecule has 0 saturated carbocycles. The molecule has 0 aromatic carbocycles. The van der Waals surface area contributed by atoms with E-state index in [0.29, 0.717) is 16.9 Å². The van der Waals surface area contributed by atoms with E-state index in [2.05, 4.69) is 24.9 Å². The van der Waals surface area contributed by atoms with Crippen molar-refractivity contribution < 1.29 is 14.3 Å². The van der Waals surface area contributed by atoms with E-state index in [0.717, 1.165) is 0 Å². The number of ether oxygens (including phenoxy) is 2. The summed E-state index contributed by atoms with van der Waals surface area (Å²) in [7, 11) is 0. The smallest absolute Gasteiger partial charge is 0.356 e. The highest BCUT2D eigenvalue weighted by Gasteiger charge is 2.31. The molecule has 1 atom stereocenters. The molecule has 3 heterocycles. The molecule has 3 aromatic rings. The number of pyridine rings is 1. The first kappa shape index (κ1) is 19.6. The average Bonchev–Trinajstić information content (AvgIpc) is 2.67. The van der Waals surface area contributed by atoms with Crippen LogP contribution < -0.4 is 4.74 Å². The summed E-state index contributed by atoms with van der Waals surface area (Å²) in [5.41, 5.74) is 0.532. The molecule has 8 nitrogen and oxygen atoms in total. The SMILES string of the molecule is CC(C)(C)OC(=O)C(Oc1cnc(Cl)c(-c2cncnc2)c1)c1ncccn1. The molecule has 0 aliphatic rings. The quantitative estimate of drug-likeness (QED) is 0.475. The summed E-state index contributed by atoms with van der Waals surface area (Å²) in [4.78, 5) is 33.0. The molecule has 0 fully saturated rings. The topological polar surface area (TPSA) is 100.0 Å². The third-order valence-corrected chi connectivity index (χ3v) is 3.68. The third-order valence-electron chi connectivity index (χ3n) is 3.38. The zero-order chi connectivity index (χ0) is 20.1. The van der Waals surface area contributed by atoms with E-state index >= 15 is 0 Å². The number of hydrogen-bond acceptors (Lipinski definition) is 8. The van der Waals surface area contributed by atoms with E-state index in [1.54, 1.807) is 45.3 Å². The van der Waals surface area contributed by atoms with Crippen LogP contribution in [-0.2, 0) is 9.53 Å². The fourth-order valence-corrected chi connectivity index (χ4v) is 2.49. The first-order chi connectivity index (χ1) is 13.3. The Labute approximate surface area is 167 Å². The van der Waals surface area contributed by atoms with E-state index < -0.39 is 17.7 Å². The van der Waals surface area contributed by atoms with Crippen molar-refractivity contribution in [2.75, 3.05) is 0 Å². The molecule has 3 aromatic heterocycles. The lowest BCUT2D eigenvalue weighted by molar-refractivity contribution is -0.164. The van der Waals surface area contributed by atoms with Crippen molar-refractivity contribution in [3.63, 3.8) is 0 Å². The van der Waals surface area contributed by atoms with Crippen LogP contribution in [0.2, 0.25) is 5.15 Å². The molecule has 0 bridgehead atoms. The van der Waals surface area contributed by atoms with Crippen molar-refractivity contribution in [1.29, 1.82) is 0 Å². The predicted molar refractivity (Wildman–Crippen MR) is 102 cm³/mol. The van der Waals surface area contributed by atoms with Gasteiger partial charge in [-0.3, -0.25) is 0 Å².